The van der Waals surface area contributed by atoms with Gasteiger partial charge in [-0.1, -0.05) is 11.6 Å². The lowest BCUT2D eigenvalue weighted by Crippen LogP contribution is -2.07. The van der Waals surface area contributed by atoms with Crippen molar-refractivity contribution in [2.45, 2.75) is 12.6 Å². The van der Waals surface area contributed by atoms with Gasteiger partial charge in [0.2, 0.25) is 0 Å². The van der Waals surface area contributed by atoms with E-state index in [1.807, 2.05) is 0 Å². The first kappa shape index (κ1) is 11.8. The highest BCUT2D eigenvalue weighted by atomic mass is 35.5. The molecule has 0 saturated heterocycles. The smallest absolute Gasteiger partial charge is 0.207 e. The van der Waals surface area contributed by atoms with Gasteiger partial charge in [-0.3, -0.25) is 0 Å². The second-order valence-electron chi connectivity index (χ2n) is 2.76. The second kappa shape index (κ2) is 4.07. The van der Waals surface area contributed by atoms with Gasteiger partial charge in [0.05, 0.1) is 23.1 Å². The van der Waals surface area contributed by atoms with Crippen LogP contribution in [0.5, 0.6) is 0 Å². The quantitative estimate of drug-likeness (QED) is 0.685. The maximum absolute atomic E-state index is 13.0. The van der Waals surface area contributed by atoms with Crippen LogP contribution in [-0.2, 0) is 12.6 Å². The summed E-state index contributed by atoms with van der Waals surface area (Å²) in [6, 6.07) is 2.70. The molecule has 0 aromatic heterocycles. The molecule has 0 spiro atoms. The van der Waals surface area contributed by atoms with Crippen LogP contribution in [0.4, 0.5) is 17.6 Å². The zero-order valence-corrected chi connectivity index (χ0v) is 7.95. The van der Waals surface area contributed by atoms with Crippen molar-refractivity contribution >= 4 is 11.6 Å². The summed E-state index contributed by atoms with van der Waals surface area (Å²) in [6.07, 6.45) is -5.07. The molecule has 0 heterocycles. The molecule has 0 unspecified atom stereocenters. The molecule has 80 valence electrons. The molecule has 1 aromatic rings. The SMILES string of the molecule is N#CCc1cc(C(F)(F)F)c(Cl)cc1F. The predicted octanol–water partition coefficient (Wildman–Crippen LogP) is 3.56. The van der Waals surface area contributed by atoms with E-state index >= 15 is 0 Å². The third-order valence-electron chi connectivity index (χ3n) is 1.71. The van der Waals surface area contributed by atoms with E-state index in [0.717, 1.165) is 0 Å². The van der Waals surface area contributed by atoms with Crippen LogP contribution in [0, 0.1) is 17.1 Å². The fourth-order valence-electron chi connectivity index (χ4n) is 1.03. The summed E-state index contributed by atoms with van der Waals surface area (Å²) < 4.78 is 49.9. The van der Waals surface area contributed by atoms with Crippen molar-refractivity contribution in [3.05, 3.63) is 34.1 Å². The van der Waals surface area contributed by atoms with Gasteiger partial charge in [0.15, 0.2) is 0 Å². The molecule has 1 nitrogen and oxygen atoms in total. The van der Waals surface area contributed by atoms with Crippen LogP contribution in [0.3, 0.4) is 0 Å². The van der Waals surface area contributed by atoms with E-state index in [1.54, 1.807) is 6.07 Å². The number of hydrogen-bond acceptors (Lipinski definition) is 1. The van der Waals surface area contributed by atoms with Gasteiger partial charge >= 0.3 is 6.18 Å². The molecule has 15 heavy (non-hydrogen) atoms. The number of benzene rings is 1. The predicted molar refractivity (Wildman–Crippen MR) is 45.7 cm³/mol. The van der Waals surface area contributed by atoms with Crippen LogP contribution in [0.1, 0.15) is 11.1 Å². The highest BCUT2D eigenvalue weighted by Gasteiger charge is 2.34. The zero-order valence-electron chi connectivity index (χ0n) is 7.20. The summed E-state index contributed by atoms with van der Waals surface area (Å²) >= 11 is 5.24. The van der Waals surface area contributed by atoms with Crippen LogP contribution in [0.25, 0.3) is 0 Å². The second-order valence-corrected chi connectivity index (χ2v) is 3.16. The van der Waals surface area contributed by atoms with Gasteiger partial charge in [-0.25, -0.2) is 4.39 Å². The third kappa shape index (κ3) is 2.60. The number of nitrogens with zero attached hydrogens (tertiary/aromatic N) is 1. The lowest BCUT2D eigenvalue weighted by molar-refractivity contribution is -0.137. The number of rotatable bonds is 1. The molecule has 0 aliphatic carbocycles. The monoisotopic (exact) mass is 237 g/mol. The molecular weight excluding hydrogens is 234 g/mol. The molecule has 0 bridgehead atoms. The highest BCUT2D eigenvalue weighted by Crippen LogP contribution is 2.36. The van der Waals surface area contributed by atoms with Gasteiger partial charge in [0, 0.05) is 5.56 Å². The molecule has 0 saturated carbocycles. The normalized spacial score (nSPS) is 11.2. The van der Waals surface area contributed by atoms with Crippen LogP contribution in [0.2, 0.25) is 5.02 Å². The first-order chi connectivity index (χ1) is 6.86. The Labute approximate surface area is 87.9 Å². The van der Waals surface area contributed by atoms with E-state index in [-0.39, 0.29) is 5.56 Å². The van der Waals surface area contributed by atoms with E-state index in [0.29, 0.717) is 12.1 Å². The Kier molecular flexibility index (Phi) is 3.20. The van der Waals surface area contributed by atoms with Crippen LogP contribution >= 0.6 is 11.6 Å². The average molecular weight is 238 g/mol. The molecular formula is C9H4ClF4N. The van der Waals surface area contributed by atoms with E-state index < -0.39 is 29.0 Å². The molecule has 0 fully saturated rings. The van der Waals surface area contributed by atoms with Crippen LogP contribution < -0.4 is 0 Å². The molecule has 6 heteroatoms. The molecule has 1 aromatic carbocycles. The fraction of sp³-hybridized carbons (Fsp3) is 0.222. The lowest BCUT2D eigenvalue weighted by atomic mass is 10.1. The summed E-state index contributed by atoms with van der Waals surface area (Å²) in [5.41, 5.74) is -1.44. The fourth-order valence-corrected chi connectivity index (χ4v) is 1.29. The van der Waals surface area contributed by atoms with Crippen molar-refractivity contribution < 1.29 is 17.6 Å². The molecule has 1 rings (SSSR count). The van der Waals surface area contributed by atoms with Crippen molar-refractivity contribution in [1.82, 2.24) is 0 Å². The van der Waals surface area contributed by atoms with Gasteiger partial charge in [0.25, 0.3) is 0 Å². The zero-order chi connectivity index (χ0) is 11.6. The first-order valence-corrected chi connectivity index (χ1v) is 4.16. The van der Waals surface area contributed by atoms with E-state index in [4.69, 9.17) is 16.9 Å². The van der Waals surface area contributed by atoms with E-state index in [9.17, 15) is 17.6 Å². The minimum absolute atomic E-state index is 0.311. The Hall–Kier alpha value is -1.28. The maximum Gasteiger partial charge on any atom is 0.417 e. The van der Waals surface area contributed by atoms with Crippen molar-refractivity contribution in [3.63, 3.8) is 0 Å². The highest BCUT2D eigenvalue weighted by molar-refractivity contribution is 6.31. The van der Waals surface area contributed by atoms with Crippen molar-refractivity contribution in [1.29, 1.82) is 5.26 Å². The first-order valence-electron chi connectivity index (χ1n) is 3.78. The number of halogens is 5. The number of hydrogen-bond donors (Lipinski definition) is 0. The molecule has 0 aliphatic heterocycles. The maximum atomic E-state index is 13.0. The molecule has 0 radical (unpaired) electrons. The van der Waals surface area contributed by atoms with Gasteiger partial charge < -0.3 is 0 Å². The largest absolute Gasteiger partial charge is 0.417 e. The lowest BCUT2D eigenvalue weighted by Gasteiger charge is -2.10. The minimum atomic E-state index is -4.64. The minimum Gasteiger partial charge on any atom is -0.207 e. The average Bonchev–Trinajstić information content (AvgIpc) is 2.07. The Morgan fingerprint density at radius 1 is 1.33 bits per heavy atom. The van der Waals surface area contributed by atoms with Crippen molar-refractivity contribution in [3.8, 4) is 6.07 Å². The van der Waals surface area contributed by atoms with Gasteiger partial charge in [0.1, 0.15) is 5.82 Å². The van der Waals surface area contributed by atoms with Gasteiger partial charge in [-0.2, -0.15) is 18.4 Å². The van der Waals surface area contributed by atoms with Crippen molar-refractivity contribution in [2.75, 3.05) is 0 Å². The van der Waals surface area contributed by atoms with Crippen LogP contribution in [0.15, 0.2) is 12.1 Å². The third-order valence-corrected chi connectivity index (χ3v) is 2.02. The molecule has 0 N–H and O–H groups in total. The molecule has 0 atom stereocenters. The van der Waals surface area contributed by atoms with Gasteiger partial charge in [-0.15, -0.1) is 0 Å². The van der Waals surface area contributed by atoms with E-state index in [2.05, 4.69) is 0 Å². The Bertz CT molecular complexity index is 419. The summed E-state index contributed by atoms with van der Waals surface area (Å²) in [5, 5.41) is 7.57. The molecule has 0 aliphatic rings. The topological polar surface area (TPSA) is 23.8 Å². The van der Waals surface area contributed by atoms with Crippen molar-refractivity contribution in [2.24, 2.45) is 0 Å². The Balaban J connectivity index is 3.31. The summed E-state index contributed by atoms with van der Waals surface area (Å²) in [4.78, 5) is 0. The molecule has 0 amide bonds. The van der Waals surface area contributed by atoms with E-state index in [1.165, 1.54) is 0 Å². The standard InChI is InChI=1S/C9H4ClF4N/c10-7-4-8(11)5(1-2-15)3-6(7)9(12,13)14/h3-4H,1H2. The Morgan fingerprint density at radius 2 is 1.93 bits per heavy atom. The number of nitriles is 1. The summed E-state index contributed by atoms with van der Waals surface area (Å²) in [5.74, 6) is -0.908. The number of alkyl halides is 3. The van der Waals surface area contributed by atoms with Gasteiger partial charge in [-0.05, 0) is 12.1 Å². The summed E-state index contributed by atoms with van der Waals surface area (Å²) in [7, 11) is 0. The Morgan fingerprint density at radius 3 is 2.40 bits per heavy atom. The van der Waals surface area contributed by atoms with Crippen LogP contribution in [-0.4, -0.2) is 0 Å². The summed E-state index contributed by atoms with van der Waals surface area (Å²) in [6.45, 7) is 0.